The molecular weight excluding hydrogens is 454 g/mol. The first-order chi connectivity index (χ1) is 14.0. The van der Waals surface area contributed by atoms with E-state index in [0.717, 1.165) is 15.7 Å². The molecule has 0 aliphatic carbocycles. The van der Waals surface area contributed by atoms with Crippen molar-refractivity contribution in [3.05, 3.63) is 89.3 Å². The number of nitrogens with zero attached hydrogens (tertiary/aromatic N) is 2. The number of aromatic amines is 1. The third-order valence-corrected chi connectivity index (χ3v) is 6.12. The Hall–Kier alpha value is -2.71. The summed E-state index contributed by atoms with van der Waals surface area (Å²) in [5.74, 6) is -0.458. The van der Waals surface area contributed by atoms with Gasteiger partial charge in [0, 0.05) is 16.4 Å². The van der Waals surface area contributed by atoms with E-state index in [-0.39, 0.29) is 12.2 Å². The maximum absolute atomic E-state index is 13.3. The summed E-state index contributed by atoms with van der Waals surface area (Å²) in [6.45, 7) is 3.79. The zero-order chi connectivity index (χ0) is 20.5. The number of benzene rings is 1. The van der Waals surface area contributed by atoms with Crippen molar-refractivity contribution < 1.29 is 9.53 Å². The van der Waals surface area contributed by atoms with E-state index in [2.05, 4.69) is 25.9 Å². The van der Waals surface area contributed by atoms with Crippen LogP contribution in [0.3, 0.4) is 0 Å². The van der Waals surface area contributed by atoms with Gasteiger partial charge in [-0.1, -0.05) is 39.4 Å². The number of hydrogen-bond acceptors (Lipinski definition) is 5. The van der Waals surface area contributed by atoms with Gasteiger partial charge in [-0.05, 0) is 49.8 Å². The zero-order valence-electron chi connectivity index (χ0n) is 15.8. The van der Waals surface area contributed by atoms with E-state index in [1.807, 2.05) is 36.4 Å². The lowest BCUT2D eigenvalue weighted by Crippen LogP contribution is -2.39. The van der Waals surface area contributed by atoms with Crippen molar-refractivity contribution >= 4 is 39.3 Å². The van der Waals surface area contributed by atoms with Gasteiger partial charge >= 0.3 is 5.97 Å². The molecule has 0 radical (unpaired) electrons. The average molecular weight is 472 g/mol. The van der Waals surface area contributed by atoms with Crippen molar-refractivity contribution in [2.45, 2.75) is 19.9 Å². The number of carbonyl (C=O) groups is 1. The van der Waals surface area contributed by atoms with Crippen LogP contribution in [0, 0.1) is 0 Å². The van der Waals surface area contributed by atoms with E-state index in [1.165, 1.54) is 11.3 Å². The van der Waals surface area contributed by atoms with Crippen molar-refractivity contribution in [2.24, 2.45) is 4.99 Å². The van der Waals surface area contributed by atoms with Gasteiger partial charge in [0.2, 0.25) is 0 Å². The van der Waals surface area contributed by atoms with Crippen molar-refractivity contribution in [3.8, 4) is 0 Å². The Kier molecular flexibility index (Phi) is 5.38. The predicted molar refractivity (Wildman–Crippen MR) is 115 cm³/mol. The van der Waals surface area contributed by atoms with Crippen LogP contribution in [0.25, 0.3) is 6.08 Å². The number of aromatic nitrogens is 2. The summed E-state index contributed by atoms with van der Waals surface area (Å²) in [6, 6.07) is 10.7. The molecule has 4 rings (SSSR count). The van der Waals surface area contributed by atoms with Gasteiger partial charge in [-0.25, -0.2) is 9.79 Å². The van der Waals surface area contributed by atoms with Crippen molar-refractivity contribution in [3.63, 3.8) is 0 Å². The molecule has 148 valence electrons. The van der Waals surface area contributed by atoms with Crippen molar-refractivity contribution in [1.29, 1.82) is 0 Å². The topological polar surface area (TPSA) is 76.4 Å². The summed E-state index contributed by atoms with van der Waals surface area (Å²) in [7, 11) is 0. The van der Waals surface area contributed by atoms with Crippen LogP contribution in [0.15, 0.2) is 68.1 Å². The minimum absolute atomic E-state index is 0.189. The Bertz CT molecular complexity index is 1270. The molecule has 1 atom stereocenters. The highest BCUT2D eigenvalue weighted by molar-refractivity contribution is 9.10. The minimum atomic E-state index is -0.593. The molecule has 1 unspecified atom stereocenters. The summed E-state index contributed by atoms with van der Waals surface area (Å²) in [5.41, 5.74) is 2.40. The van der Waals surface area contributed by atoms with E-state index < -0.39 is 12.0 Å². The monoisotopic (exact) mass is 471 g/mol. The highest BCUT2D eigenvalue weighted by atomic mass is 79.9. The maximum Gasteiger partial charge on any atom is 0.338 e. The van der Waals surface area contributed by atoms with E-state index in [9.17, 15) is 9.59 Å². The highest BCUT2D eigenvalue weighted by Gasteiger charge is 2.33. The minimum Gasteiger partial charge on any atom is -0.463 e. The molecule has 29 heavy (non-hydrogen) atoms. The summed E-state index contributed by atoms with van der Waals surface area (Å²) in [4.78, 5) is 34.3. The molecule has 0 saturated carbocycles. The fourth-order valence-electron chi connectivity index (χ4n) is 3.33. The molecule has 6 nitrogen and oxygen atoms in total. The van der Waals surface area contributed by atoms with Crippen molar-refractivity contribution in [2.75, 3.05) is 6.61 Å². The number of hydrogen-bond donors (Lipinski definition) is 1. The number of rotatable bonds is 4. The smallest absolute Gasteiger partial charge is 0.338 e. The molecule has 0 amide bonds. The van der Waals surface area contributed by atoms with Crippen LogP contribution in [0.5, 0.6) is 0 Å². The second-order valence-corrected chi connectivity index (χ2v) is 8.40. The second-order valence-electron chi connectivity index (χ2n) is 6.48. The van der Waals surface area contributed by atoms with E-state index in [1.54, 1.807) is 30.7 Å². The van der Waals surface area contributed by atoms with Gasteiger partial charge in [0.15, 0.2) is 4.80 Å². The number of thiazole rings is 1. The van der Waals surface area contributed by atoms with Gasteiger partial charge in [0.25, 0.3) is 5.56 Å². The summed E-state index contributed by atoms with van der Waals surface area (Å²) < 4.78 is 8.33. The largest absolute Gasteiger partial charge is 0.463 e. The molecule has 0 bridgehead atoms. The van der Waals surface area contributed by atoms with Crippen LogP contribution in [0.1, 0.15) is 31.1 Å². The Morgan fingerprint density at radius 3 is 2.76 bits per heavy atom. The number of fused-ring (bicyclic) bond motifs is 1. The highest BCUT2D eigenvalue weighted by Crippen LogP contribution is 2.31. The lowest BCUT2D eigenvalue weighted by atomic mass is 9.96. The normalized spacial score (nSPS) is 16.5. The molecule has 0 saturated heterocycles. The van der Waals surface area contributed by atoms with E-state index >= 15 is 0 Å². The Labute approximate surface area is 179 Å². The molecule has 1 aliphatic rings. The van der Waals surface area contributed by atoms with Gasteiger partial charge in [0.05, 0.1) is 28.5 Å². The Morgan fingerprint density at radius 2 is 2.10 bits per heavy atom. The first-order valence-corrected chi connectivity index (χ1v) is 10.7. The van der Waals surface area contributed by atoms with Crippen LogP contribution in [0.2, 0.25) is 0 Å². The number of nitrogens with one attached hydrogen (secondary N) is 1. The van der Waals surface area contributed by atoms with Gasteiger partial charge < -0.3 is 9.72 Å². The fourth-order valence-corrected chi connectivity index (χ4v) is 4.63. The van der Waals surface area contributed by atoms with Crippen LogP contribution >= 0.6 is 27.3 Å². The van der Waals surface area contributed by atoms with E-state index in [0.29, 0.717) is 20.6 Å². The number of esters is 1. The zero-order valence-corrected chi connectivity index (χ0v) is 18.2. The van der Waals surface area contributed by atoms with Gasteiger partial charge in [-0.2, -0.15) is 0 Å². The number of allylic oxidation sites excluding steroid dienone is 1. The van der Waals surface area contributed by atoms with Gasteiger partial charge in [0.1, 0.15) is 0 Å². The molecule has 1 aliphatic heterocycles. The van der Waals surface area contributed by atoms with Crippen LogP contribution in [-0.4, -0.2) is 22.1 Å². The third-order valence-electron chi connectivity index (χ3n) is 4.61. The fraction of sp³-hybridized carbons (Fsp3) is 0.190. The lowest BCUT2D eigenvalue weighted by molar-refractivity contribution is -0.139. The molecule has 1 N–H and O–H groups in total. The van der Waals surface area contributed by atoms with Gasteiger partial charge in [-0.15, -0.1) is 0 Å². The van der Waals surface area contributed by atoms with Crippen LogP contribution < -0.4 is 14.9 Å². The molecule has 3 aromatic rings. The average Bonchev–Trinajstić information content (AvgIpc) is 3.30. The number of ether oxygens (including phenoxy) is 1. The lowest BCUT2D eigenvalue weighted by Gasteiger charge is -2.24. The molecule has 8 heteroatoms. The number of H-pyrrole nitrogens is 1. The quantitative estimate of drug-likeness (QED) is 0.594. The maximum atomic E-state index is 13.3. The SMILES string of the molecule is CCOC(=O)C1=C(C)N=c2sc(=Cc3ccc[nH]3)c(=O)n2C1c1ccc(Br)cc1. The molecule has 0 fully saturated rings. The molecule has 0 spiro atoms. The standard InChI is InChI=1S/C21H18BrN3O3S/c1-3-28-20(27)17-12(2)24-21-25(18(17)13-6-8-14(22)9-7-13)19(26)16(29-21)11-15-5-4-10-23-15/h4-11,18,23H,3H2,1-2H3. The molecular formula is C21H18BrN3O3S. The first-order valence-electron chi connectivity index (χ1n) is 9.08. The first kappa shape index (κ1) is 19.6. The number of halogens is 1. The summed E-state index contributed by atoms with van der Waals surface area (Å²) >= 11 is 4.74. The molecule has 2 aromatic heterocycles. The molecule has 3 heterocycles. The summed E-state index contributed by atoms with van der Waals surface area (Å²) in [6.07, 6.45) is 3.60. The third kappa shape index (κ3) is 3.65. The Morgan fingerprint density at radius 1 is 1.34 bits per heavy atom. The predicted octanol–water partition coefficient (Wildman–Crippen LogP) is 2.89. The van der Waals surface area contributed by atoms with Crippen LogP contribution in [-0.2, 0) is 9.53 Å². The van der Waals surface area contributed by atoms with E-state index in [4.69, 9.17) is 4.74 Å². The van der Waals surface area contributed by atoms with Crippen molar-refractivity contribution in [1.82, 2.24) is 9.55 Å². The van der Waals surface area contributed by atoms with Gasteiger partial charge in [-0.3, -0.25) is 9.36 Å². The Balaban J connectivity index is 1.97. The van der Waals surface area contributed by atoms with Crippen LogP contribution in [0.4, 0.5) is 0 Å². The number of carbonyl (C=O) groups excluding carboxylic acids is 1. The summed E-state index contributed by atoms with van der Waals surface area (Å²) in [5, 5.41) is 0. The second kappa shape index (κ2) is 7.96. The molecule has 1 aromatic carbocycles.